The number of benzene rings is 1. The van der Waals surface area contributed by atoms with E-state index >= 15 is 0 Å². The molecule has 0 amide bonds. The van der Waals surface area contributed by atoms with E-state index in [4.69, 9.17) is 21.4 Å². The van der Waals surface area contributed by atoms with Gasteiger partial charge in [0.05, 0.1) is 18.1 Å². The SMILES string of the molecule is CC(C)(CC(=O)O)c1ccc(Cl)c(OCC2CC2)c1. The van der Waals surface area contributed by atoms with Crippen LogP contribution in [0.3, 0.4) is 0 Å². The molecular weight excluding hydrogens is 264 g/mol. The van der Waals surface area contributed by atoms with Crippen LogP contribution >= 0.6 is 11.6 Å². The number of ether oxygens (including phenoxy) is 1. The third kappa shape index (κ3) is 3.87. The zero-order valence-corrected chi connectivity index (χ0v) is 12.0. The Hall–Kier alpha value is -1.22. The molecule has 19 heavy (non-hydrogen) atoms. The van der Waals surface area contributed by atoms with E-state index in [1.54, 1.807) is 6.07 Å². The van der Waals surface area contributed by atoms with Gasteiger partial charge in [-0.15, -0.1) is 0 Å². The number of hydrogen-bond acceptors (Lipinski definition) is 2. The summed E-state index contributed by atoms with van der Waals surface area (Å²) in [4.78, 5) is 10.9. The van der Waals surface area contributed by atoms with Gasteiger partial charge in [-0.25, -0.2) is 0 Å². The molecule has 0 heterocycles. The number of carbonyl (C=O) groups is 1. The molecule has 104 valence electrons. The van der Waals surface area contributed by atoms with Gasteiger partial charge in [-0.05, 0) is 36.5 Å². The van der Waals surface area contributed by atoms with E-state index in [-0.39, 0.29) is 6.42 Å². The molecule has 3 nitrogen and oxygen atoms in total. The Kier molecular flexibility index (Phi) is 4.04. The predicted octanol–water partition coefficient (Wildman–Crippen LogP) is 3.88. The van der Waals surface area contributed by atoms with E-state index in [2.05, 4.69) is 0 Å². The van der Waals surface area contributed by atoms with Crippen molar-refractivity contribution in [1.82, 2.24) is 0 Å². The number of carboxylic acid groups (broad SMARTS) is 1. The largest absolute Gasteiger partial charge is 0.492 e. The fourth-order valence-electron chi connectivity index (χ4n) is 2.01. The first-order valence-electron chi connectivity index (χ1n) is 6.53. The molecule has 0 radical (unpaired) electrons. The van der Waals surface area contributed by atoms with E-state index < -0.39 is 11.4 Å². The van der Waals surface area contributed by atoms with E-state index in [0.29, 0.717) is 23.3 Å². The van der Waals surface area contributed by atoms with Crippen LogP contribution in [0.5, 0.6) is 5.75 Å². The van der Waals surface area contributed by atoms with Crippen LogP contribution in [-0.2, 0) is 10.2 Å². The highest BCUT2D eigenvalue weighted by Gasteiger charge is 2.26. The first-order chi connectivity index (χ1) is 8.88. The summed E-state index contributed by atoms with van der Waals surface area (Å²) in [6, 6.07) is 5.52. The Balaban J connectivity index is 2.16. The summed E-state index contributed by atoms with van der Waals surface area (Å²) in [7, 11) is 0. The van der Waals surface area contributed by atoms with Gasteiger partial charge >= 0.3 is 5.97 Å². The van der Waals surface area contributed by atoms with Gasteiger partial charge in [0.15, 0.2) is 0 Å². The Labute approximate surface area is 118 Å². The van der Waals surface area contributed by atoms with Crippen LogP contribution in [-0.4, -0.2) is 17.7 Å². The maximum atomic E-state index is 10.9. The van der Waals surface area contributed by atoms with Crippen LogP contribution in [0.2, 0.25) is 5.02 Å². The summed E-state index contributed by atoms with van der Waals surface area (Å²) >= 11 is 6.11. The minimum Gasteiger partial charge on any atom is -0.492 e. The quantitative estimate of drug-likeness (QED) is 0.861. The van der Waals surface area contributed by atoms with Gasteiger partial charge < -0.3 is 9.84 Å². The first-order valence-corrected chi connectivity index (χ1v) is 6.91. The molecule has 0 saturated heterocycles. The molecule has 0 spiro atoms. The van der Waals surface area contributed by atoms with Crippen molar-refractivity contribution in [3.05, 3.63) is 28.8 Å². The molecule has 1 aliphatic carbocycles. The Morgan fingerprint density at radius 2 is 2.16 bits per heavy atom. The molecule has 1 aromatic carbocycles. The number of halogens is 1. The lowest BCUT2D eigenvalue weighted by Gasteiger charge is -2.24. The Morgan fingerprint density at radius 3 is 2.74 bits per heavy atom. The predicted molar refractivity (Wildman–Crippen MR) is 74.9 cm³/mol. The van der Waals surface area contributed by atoms with Crippen molar-refractivity contribution in [2.45, 2.75) is 38.5 Å². The van der Waals surface area contributed by atoms with E-state index in [9.17, 15) is 4.79 Å². The number of hydrogen-bond donors (Lipinski definition) is 1. The standard InChI is InChI=1S/C15H19ClO3/c1-15(2,8-14(17)18)11-5-6-12(16)13(7-11)19-9-10-3-4-10/h5-7,10H,3-4,8-9H2,1-2H3,(H,17,18). The second kappa shape index (κ2) is 5.41. The normalized spacial score (nSPS) is 15.3. The maximum absolute atomic E-state index is 10.9. The second-order valence-electron chi connectivity index (χ2n) is 5.85. The summed E-state index contributed by atoms with van der Waals surface area (Å²) in [6.07, 6.45) is 2.53. The lowest BCUT2D eigenvalue weighted by Crippen LogP contribution is -2.21. The lowest BCUT2D eigenvalue weighted by molar-refractivity contribution is -0.138. The van der Waals surface area contributed by atoms with Crippen molar-refractivity contribution in [1.29, 1.82) is 0 Å². The zero-order valence-electron chi connectivity index (χ0n) is 11.3. The molecule has 0 aromatic heterocycles. The Bertz CT molecular complexity index is 478. The summed E-state index contributed by atoms with van der Waals surface area (Å²) in [5, 5.41) is 9.54. The highest BCUT2D eigenvalue weighted by molar-refractivity contribution is 6.32. The molecule has 1 saturated carbocycles. The van der Waals surface area contributed by atoms with Crippen LogP contribution in [0.15, 0.2) is 18.2 Å². The molecule has 1 fully saturated rings. The molecule has 0 unspecified atom stereocenters. The fourth-order valence-corrected chi connectivity index (χ4v) is 2.18. The van der Waals surface area contributed by atoms with Crippen molar-refractivity contribution >= 4 is 17.6 Å². The molecule has 0 aliphatic heterocycles. The third-order valence-electron chi connectivity index (χ3n) is 3.48. The average Bonchev–Trinajstić information content (AvgIpc) is 3.09. The summed E-state index contributed by atoms with van der Waals surface area (Å²) in [5.74, 6) is 0.511. The molecule has 0 atom stereocenters. The Morgan fingerprint density at radius 1 is 1.47 bits per heavy atom. The second-order valence-corrected chi connectivity index (χ2v) is 6.26. The third-order valence-corrected chi connectivity index (χ3v) is 3.79. The molecule has 4 heteroatoms. The van der Waals surface area contributed by atoms with Crippen LogP contribution < -0.4 is 4.74 Å². The van der Waals surface area contributed by atoms with Crippen molar-refractivity contribution in [2.24, 2.45) is 5.92 Å². The molecular formula is C15H19ClO3. The molecule has 1 aromatic rings. The van der Waals surface area contributed by atoms with Gasteiger partial charge in [0.2, 0.25) is 0 Å². The summed E-state index contributed by atoms with van der Waals surface area (Å²) < 4.78 is 5.72. The molecule has 1 N–H and O–H groups in total. The molecule has 0 bridgehead atoms. The smallest absolute Gasteiger partial charge is 0.304 e. The average molecular weight is 283 g/mol. The highest BCUT2D eigenvalue weighted by Crippen LogP contribution is 2.35. The van der Waals surface area contributed by atoms with E-state index in [0.717, 1.165) is 5.56 Å². The summed E-state index contributed by atoms with van der Waals surface area (Å²) in [5.41, 5.74) is 0.499. The number of aliphatic carboxylic acids is 1. The van der Waals surface area contributed by atoms with Crippen molar-refractivity contribution in [2.75, 3.05) is 6.61 Å². The lowest BCUT2D eigenvalue weighted by atomic mass is 9.81. The van der Waals surface area contributed by atoms with Gasteiger partial charge in [0.25, 0.3) is 0 Å². The van der Waals surface area contributed by atoms with Gasteiger partial charge in [-0.3, -0.25) is 4.79 Å². The molecule has 1 aliphatic rings. The summed E-state index contributed by atoms with van der Waals surface area (Å²) in [6.45, 7) is 4.52. The number of carboxylic acids is 1. The number of rotatable bonds is 6. The minimum absolute atomic E-state index is 0.0801. The van der Waals surface area contributed by atoms with Crippen LogP contribution in [0.1, 0.15) is 38.7 Å². The first kappa shape index (κ1) is 14.2. The van der Waals surface area contributed by atoms with Crippen molar-refractivity contribution in [3.63, 3.8) is 0 Å². The van der Waals surface area contributed by atoms with Gasteiger partial charge in [-0.1, -0.05) is 31.5 Å². The van der Waals surface area contributed by atoms with Crippen molar-refractivity contribution < 1.29 is 14.6 Å². The zero-order chi connectivity index (χ0) is 14.0. The monoisotopic (exact) mass is 282 g/mol. The van der Waals surface area contributed by atoms with E-state index in [1.165, 1.54) is 12.8 Å². The van der Waals surface area contributed by atoms with Crippen LogP contribution in [0.4, 0.5) is 0 Å². The molecule has 2 rings (SSSR count). The van der Waals surface area contributed by atoms with Crippen LogP contribution in [0.25, 0.3) is 0 Å². The van der Waals surface area contributed by atoms with Crippen LogP contribution in [0, 0.1) is 5.92 Å². The highest BCUT2D eigenvalue weighted by atomic mass is 35.5. The maximum Gasteiger partial charge on any atom is 0.304 e. The van der Waals surface area contributed by atoms with E-state index in [1.807, 2.05) is 26.0 Å². The van der Waals surface area contributed by atoms with Crippen molar-refractivity contribution in [3.8, 4) is 5.75 Å². The topological polar surface area (TPSA) is 46.5 Å². The van der Waals surface area contributed by atoms with Gasteiger partial charge in [0, 0.05) is 5.41 Å². The minimum atomic E-state index is -0.805. The van der Waals surface area contributed by atoms with Gasteiger partial charge in [-0.2, -0.15) is 0 Å². The fraction of sp³-hybridized carbons (Fsp3) is 0.533. The van der Waals surface area contributed by atoms with Gasteiger partial charge in [0.1, 0.15) is 5.75 Å².